The molecule has 8 unspecified atom stereocenters. The number of esters is 1. The first-order valence-electron chi connectivity index (χ1n) is 29.1. The Morgan fingerprint density at radius 1 is 0.562 bits per heavy atom. The summed E-state index contributed by atoms with van der Waals surface area (Å²) in [5, 5.41) is 56.7. The molecule has 0 radical (unpaired) electrons. The van der Waals surface area contributed by atoms with E-state index in [1.54, 1.807) is 6.08 Å². The summed E-state index contributed by atoms with van der Waals surface area (Å²) in [7, 11) is 0. The molecule has 1 aliphatic heterocycles. The predicted octanol–water partition coefficient (Wildman–Crippen LogP) is 13.2. The molecule has 0 bridgehead atoms. The van der Waals surface area contributed by atoms with Crippen LogP contribution in [-0.2, 0) is 23.8 Å². The lowest BCUT2D eigenvalue weighted by Gasteiger charge is -2.41. The first kappa shape index (κ1) is 67.6. The van der Waals surface area contributed by atoms with Gasteiger partial charge in [0.05, 0.1) is 25.4 Å². The van der Waals surface area contributed by atoms with Gasteiger partial charge < -0.3 is 45.1 Å². The number of hydrogen-bond donors (Lipinski definition) is 6. The molecular formula is C62H105NO10. The highest BCUT2D eigenvalue weighted by molar-refractivity contribution is 5.80. The molecule has 1 rings (SSSR count). The van der Waals surface area contributed by atoms with Gasteiger partial charge in [-0.05, 0) is 83.5 Å². The van der Waals surface area contributed by atoms with Crippen LogP contribution in [0.1, 0.15) is 220 Å². The van der Waals surface area contributed by atoms with E-state index >= 15 is 0 Å². The Hall–Kier alpha value is -3.42. The summed E-state index contributed by atoms with van der Waals surface area (Å²) in [5.41, 5.74) is 0. The van der Waals surface area contributed by atoms with Crippen LogP contribution in [0.3, 0.4) is 0 Å². The number of aliphatic hydroxyl groups excluding tert-OH is 5. The van der Waals surface area contributed by atoms with E-state index < -0.39 is 67.4 Å². The van der Waals surface area contributed by atoms with Crippen molar-refractivity contribution >= 4 is 11.9 Å². The van der Waals surface area contributed by atoms with E-state index in [0.717, 1.165) is 89.9 Å². The number of allylic oxidation sites excluding steroid dienone is 15. The number of aliphatic hydroxyl groups is 5. The monoisotopic (exact) mass is 1020 g/mol. The first-order valence-corrected chi connectivity index (χ1v) is 29.1. The minimum atomic E-state index is -1.63. The highest BCUT2D eigenvalue weighted by Gasteiger charge is 2.47. The third-order valence-electron chi connectivity index (χ3n) is 13.1. The Morgan fingerprint density at radius 3 is 1.63 bits per heavy atom. The van der Waals surface area contributed by atoms with E-state index in [4.69, 9.17) is 14.2 Å². The minimum absolute atomic E-state index is 0.105. The summed E-state index contributed by atoms with van der Waals surface area (Å²) in [6.45, 7) is 5.55. The maximum Gasteiger partial charge on any atom is 0.306 e. The van der Waals surface area contributed by atoms with Crippen molar-refractivity contribution in [2.45, 2.75) is 269 Å². The molecule has 0 saturated carbocycles. The fourth-order valence-electron chi connectivity index (χ4n) is 8.43. The first-order chi connectivity index (χ1) is 35.7. The summed E-state index contributed by atoms with van der Waals surface area (Å²) in [6, 6.07) is -1.05. The maximum atomic E-state index is 13.3. The van der Waals surface area contributed by atoms with Gasteiger partial charge in [-0.15, -0.1) is 0 Å². The number of carbonyl (C=O) groups excluding carboxylic acids is 2. The summed E-state index contributed by atoms with van der Waals surface area (Å²) < 4.78 is 17.5. The molecule has 0 aromatic carbocycles. The lowest BCUT2D eigenvalue weighted by atomic mass is 9.99. The second-order valence-corrected chi connectivity index (χ2v) is 19.7. The molecule has 1 heterocycles. The number of nitrogens with one attached hydrogen (secondary N) is 1. The minimum Gasteiger partial charge on any atom is -0.454 e. The quantitative estimate of drug-likeness (QED) is 0.0149. The molecule has 0 spiro atoms. The van der Waals surface area contributed by atoms with Gasteiger partial charge in [0, 0.05) is 6.42 Å². The van der Waals surface area contributed by atoms with Gasteiger partial charge in [0.1, 0.15) is 24.4 Å². The second kappa shape index (κ2) is 49.5. The molecule has 418 valence electrons. The topological polar surface area (TPSA) is 175 Å². The van der Waals surface area contributed by atoms with Gasteiger partial charge in [-0.2, -0.15) is 0 Å². The molecular weight excluding hydrogens is 919 g/mol. The van der Waals surface area contributed by atoms with Crippen molar-refractivity contribution in [2.75, 3.05) is 13.2 Å². The number of unbranched alkanes of at least 4 members (excludes halogenated alkanes) is 22. The van der Waals surface area contributed by atoms with Crippen LogP contribution in [0.25, 0.3) is 0 Å². The molecule has 0 aromatic rings. The van der Waals surface area contributed by atoms with Crippen LogP contribution in [0.15, 0.2) is 97.2 Å². The lowest BCUT2D eigenvalue weighted by molar-refractivity contribution is -0.305. The molecule has 1 saturated heterocycles. The van der Waals surface area contributed by atoms with Crippen molar-refractivity contribution in [2.24, 2.45) is 0 Å². The van der Waals surface area contributed by atoms with Gasteiger partial charge in [0.25, 0.3) is 0 Å². The summed E-state index contributed by atoms with van der Waals surface area (Å²) in [4.78, 5) is 26.4. The Kier molecular flexibility index (Phi) is 45.8. The van der Waals surface area contributed by atoms with Crippen molar-refractivity contribution in [1.82, 2.24) is 5.32 Å². The zero-order valence-corrected chi connectivity index (χ0v) is 46.0. The lowest BCUT2D eigenvalue weighted by Crippen LogP contribution is -2.61. The Bertz CT molecular complexity index is 1550. The largest absolute Gasteiger partial charge is 0.454 e. The highest BCUT2D eigenvalue weighted by atomic mass is 16.7. The molecule has 0 aromatic heterocycles. The number of rotatable bonds is 47. The third kappa shape index (κ3) is 37.9. The Labute approximate surface area is 444 Å². The average Bonchev–Trinajstić information content (AvgIpc) is 3.39. The standard InChI is InChI=1S/C62H105NO10/c1-4-7-10-13-16-19-22-24-25-26-27-28-29-30-31-32-35-38-41-44-47-50-57(67)73-60-59(69)58(68)56(51-64)72-62(60)71-52-53(54(65)48-45-42-39-36-33-21-18-15-12-9-6-3)63-61(70)55(66)49-46-43-40-37-34-23-20-17-14-11-8-5-2/h8,11,14,16-17,19-20,23-25,27-28,34,37,45,48,53-56,58-60,62,64-66,68-69H,4-7,9-10,12-13,15,18,21-22,26,29-33,35-36,38-44,46-47,49-52H2,1-3H3,(H,63,70)/b11-8+,17-14+,19-16-,23-20-,25-24-,28-27-,37-34-,48-45+. The van der Waals surface area contributed by atoms with E-state index in [9.17, 15) is 35.1 Å². The predicted molar refractivity (Wildman–Crippen MR) is 301 cm³/mol. The second-order valence-electron chi connectivity index (χ2n) is 19.7. The van der Waals surface area contributed by atoms with Crippen LogP contribution < -0.4 is 5.32 Å². The molecule has 1 fully saturated rings. The van der Waals surface area contributed by atoms with Gasteiger partial charge in [-0.3, -0.25) is 9.59 Å². The number of hydrogen-bond acceptors (Lipinski definition) is 10. The van der Waals surface area contributed by atoms with Gasteiger partial charge in [-0.25, -0.2) is 0 Å². The highest BCUT2D eigenvalue weighted by Crippen LogP contribution is 2.26. The summed E-state index contributed by atoms with van der Waals surface area (Å²) in [5.74, 6) is -1.25. The number of amides is 1. The summed E-state index contributed by atoms with van der Waals surface area (Å²) in [6.07, 6.45) is 54.6. The van der Waals surface area contributed by atoms with E-state index in [2.05, 4.69) is 68.6 Å². The van der Waals surface area contributed by atoms with Crippen molar-refractivity contribution < 1.29 is 49.3 Å². The molecule has 73 heavy (non-hydrogen) atoms. The van der Waals surface area contributed by atoms with Crippen molar-refractivity contribution in [3.63, 3.8) is 0 Å². The van der Waals surface area contributed by atoms with Crippen LogP contribution in [0.5, 0.6) is 0 Å². The van der Waals surface area contributed by atoms with Gasteiger partial charge in [0.15, 0.2) is 12.4 Å². The van der Waals surface area contributed by atoms with Gasteiger partial charge in [-0.1, -0.05) is 227 Å². The molecule has 8 atom stereocenters. The summed E-state index contributed by atoms with van der Waals surface area (Å²) >= 11 is 0. The fraction of sp³-hybridized carbons (Fsp3) is 0.710. The normalized spacial score (nSPS) is 20.1. The van der Waals surface area contributed by atoms with Gasteiger partial charge in [0.2, 0.25) is 5.91 Å². The zero-order chi connectivity index (χ0) is 53.3. The van der Waals surface area contributed by atoms with Crippen LogP contribution in [0.2, 0.25) is 0 Å². The van der Waals surface area contributed by atoms with Crippen LogP contribution in [0.4, 0.5) is 0 Å². The fourth-order valence-corrected chi connectivity index (χ4v) is 8.43. The van der Waals surface area contributed by atoms with E-state index in [0.29, 0.717) is 12.8 Å². The van der Waals surface area contributed by atoms with E-state index in [1.807, 2.05) is 48.6 Å². The van der Waals surface area contributed by atoms with E-state index in [1.165, 1.54) is 83.5 Å². The van der Waals surface area contributed by atoms with Gasteiger partial charge >= 0.3 is 5.97 Å². The Morgan fingerprint density at radius 2 is 1.04 bits per heavy atom. The molecule has 6 N–H and O–H groups in total. The average molecular weight is 1020 g/mol. The number of ether oxygens (including phenoxy) is 3. The van der Waals surface area contributed by atoms with Crippen molar-refractivity contribution in [3.05, 3.63) is 97.2 Å². The SMILES string of the molecule is CC/C=C/C=C/C=C\C=C/CCCCC(O)C(=O)NC(COC1OC(CO)C(O)C(O)C1OC(=O)CCCCCCCCCC/C=C\C/C=C\C/C=C\CCCCC)C(O)/C=C/CCCCCCCCCCC. The van der Waals surface area contributed by atoms with Crippen molar-refractivity contribution in [3.8, 4) is 0 Å². The van der Waals surface area contributed by atoms with Crippen LogP contribution in [-0.4, -0.2) is 99.6 Å². The molecule has 0 aliphatic carbocycles. The van der Waals surface area contributed by atoms with Crippen LogP contribution in [0, 0.1) is 0 Å². The third-order valence-corrected chi connectivity index (χ3v) is 13.1. The van der Waals surface area contributed by atoms with Crippen molar-refractivity contribution in [1.29, 1.82) is 0 Å². The zero-order valence-electron chi connectivity index (χ0n) is 46.0. The van der Waals surface area contributed by atoms with E-state index in [-0.39, 0.29) is 19.4 Å². The smallest absolute Gasteiger partial charge is 0.306 e. The maximum absolute atomic E-state index is 13.3. The molecule has 1 amide bonds. The molecule has 11 nitrogen and oxygen atoms in total. The molecule has 1 aliphatic rings. The molecule has 11 heteroatoms. The number of carbonyl (C=O) groups is 2. The van der Waals surface area contributed by atoms with Crippen LogP contribution >= 0.6 is 0 Å². The Balaban J connectivity index is 2.70.